The number of nitro groups is 1. The lowest BCUT2D eigenvalue weighted by atomic mass is 10.1. The largest absolute Gasteiger partial charge is 0.496 e. The zero-order chi connectivity index (χ0) is 21.9. The smallest absolute Gasteiger partial charge is 0.269 e. The number of benzene rings is 3. The minimum Gasteiger partial charge on any atom is -0.496 e. The van der Waals surface area contributed by atoms with Crippen molar-refractivity contribution in [2.75, 3.05) is 11.4 Å². The molecule has 0 saturated carbocycles. The molecule has 0 amide bonds. The number of methoxy groups -OCH3 is 1. The second-order valence-corrected chi connectivity index (χ2v) is 8.62. The van der Waals surface area contributed by atoms with E-state index in [1.165, 1.54) is 35.7 Å². The molecule has 0 saturated heterocycles. The molecule has 3 aromatic carbocycles. The third-order valence-corrected chi connectivity index (χ3v) is 6.71. The van der Waals surface area contributed by atoms with Crippen LogP contribution < -0.4 is 9.04 Å². The Morgan fingerprint density at radius 1 is 1.00 bits per heavy atom. The van der Waals surface area contributed by atoms with Gasteiger partial charge < -0.3 is 4.74 Å². The first kappa shape index (κ1) is 21.3. The van der Waals surface area contributed by atoms with Gasteiger partial charge >= 0.3 is 0 Å². The van der Waals surface area contributed by atoms with Gasteiger partial charge in [0.2, 0.25) is 0 Å². The first-order chi connectivity index (χ1) is 14.3. The molecule has 0 spiro atoms. The van der Waals surface area contributed by atoms with Crippen LogP contribution in [0.5, 0.6) is 5.75 Å². The Labute approximate surface area is 175 Å². The topological polar surface area (TPSA) is 89.8 Å². The highest BCUT2D eigenvalue weighted by Gasteiger charge is 2.32. The molecule has 0 heterocycles. The second-order valence-electron chi connectivity index (χ2n) is 6.81. The van der Waals surface area contributed by atoms with Gasteiger partial charge in [0.15, 0.2) is 0 Å². The monoisotopic (exact) mass is 426 g/mol. The molecule has 3 rings (SSSR count). The Kier molecular flexibility index (Phi) is 6.07. The molecule has 0 bridgehead atoms. The van der Waals surface area contributed by atoms with Crippen molar-refractivity contribution >= 4 is 21.4 Å². The molecular formula is C22H22N2O5S. The zero-order valence-electron chi connectivity index (χ0n) is 16.8. The number of hydrogen-bond donors (Lipinski definition) is 0. The minimum atomic E-state index is -4.03. The van der Waals surface area contributed by atoms with Gasteiger partial charge in [0.25, 0.3) is 15.7 Å². The van der Waals surface area contributed by atoms with Crippen LogP contribution in [0.15, 0.2) is 77.7 Å². The van der Waals surface area contributed by atoms with Crippen LogP contribution in [-0.2, 0) is 10.0 Å². The van der Waals surface area contributed by atoms with Gasteiger partial charge in [0.1, 0.15) is 5.75 Å². The number of aryl methyl sites for hydroxylation is 1. The summed E-state index contributed by atoms with van der Waals surface area (Å²) in [5.74, 6) is 0.571. The molecule has 0 aliphatic carbocycles. The van der Waals surface area contributed by atoms with Crippen LogP contribution in [0.3, 0.4) is 0 Å². The van der Waals surface area contributed by atoms with Crippen LogP contribution in [0.25, 0.3) is 0 Å². The lowest BCUT2D eigenvalue weighted by Crippen LogP contribution is -2.34. The molecule has 0 aromatic heterocycles. The molecule has 30 heavy (non-hydrogen) atoms. The van der Waals surface area contributed by atoms with Gasteiger partial charge in [-0.15, -0.1) is 0 Å². The Bertz CT molecular complexity index is 1160. The first-order valence-corrected chi connectivity index (χ1v) is 10.7. The highest BCUT2D eigenvalue weighted by molar-refractivity contribution is 7.92. The van der Waals surface area contributed by atoms with E-state index in [9.17, 15) is 18.5 Å². The summed E-state index contributed by atoms with van der Waals surface area (Å²) in [4.78, 5) is 10.4. The number of hydrogen-bond acceptors (Lipinski definition) is 5. The van der Waals surface area contributed by atoms with E-state index in [4.69, 9.17) is 4.74 Å². The number of para-hydroxylation sites is 1. The molecule has 1 atom stereocenters. The lowest BCUT2D eigenvalue weighted by molar-refractivity contribution is -0.384. The van der Waals surface area contributed by atoms with E-state index < -0.39 is 21.0 Å². The van der Waals surface area contributed by atoms with Crippen molar-refractivity contribution in [2.24, 2.45) is 0 Å². The standard InChI is InChI=1S/C22H22N2O5S/c1-16-7-6-8-19(15-16)23(17(2)21-9-4-5-10-22(21)29-3)30(27,28)20-13-11-18(12-14-20)24(25)26/h4-15,17H,1-3H3. The Balaban J connectivity index is 2.17. The van der Waals surface area contributed by atoms with Crippen molar-refractivity contribution in [1.29, 1.82) is 0 Å². The number of rotatable bonds is 7. The minimum absolute atomic E-state index is 0.0312. The predicted molar refractivity (Wildman–Crippen MR) is 115 cm³/mol. The van der Waals surface area contributed by atoms with Crippen LogP contribution in [0.2, 0.25) is 0 Å². The molecule has 3 aromatic rings. The summed E-state index contributed by atoms with van der Waals surface area (Å²) < 4.78 is 34.1. The Morgan fingerprint density at radius 3 is 2.27 bits per heavy atom. The highest BCUT2D eigenvalue weighted by Crippen LogP contribution is 2.37. The number of anilines is 1. The predicted octanol–water partition coefficient (Wildman–Crippen LogP) is 4.87. The highest BCUT2D eigenvalue weighted by atomic mass is 32.2. The van der Waals surface area contributed by atoms with Gasteiger partial charge in [-0.25, -0.2) is 8.42 Å². The van der Waals surface area contributed by atoms with Crippen molar-refractivity contribution in [1.82, 2.24) is 0 Å². The van der Waals surface area contributed by atoms with Crippen LogP contribution in [0, 0.1) is 17.0 Å². The summed E-state index contributed by atoms with van der Waals surface area (Å²) in [7, 11) is -2.50. The molecule has 0 N–H and O–H groups in total. The van der Waals surface area contributed by atoms with Crippen molar-refractivity contribution in [3.05, 3.63) is 94.0 Å². The van der Waals surface area contributed by atoms with Crippen molar-refractivity contribution in [3.8, 4) is 5.75 Å². The molecule has 0 fully saturated rings. The number of non-ortho nitro benzene ring substituents is 1. The van der Waals surface area contributed by atoms with Crippen molar-refractivity contribution in [2.45, 2.75) is 24.8 Å². The maximum atomic E-state index is 13.7. The summed E-state index contributed by atoms with van der Waals surface area (Å²) >= 11 is 0. The lowest BCUT2D eigenvalue weighted by Gasteiger charge is -2.31. The van der Waals surface area contributed by atoms with Crippen LogP contribution >= 0.6 is 0 Å². The number of sulfonamides is 1. The fourth-order valence-corrected chi connectivity index (χ4v) is 4.95. The molecule has 0 radical (unpaired) electrons. The fourth-order valence-electron chi connectivity index (χ4n) is 3.33. The van der Waals surface area contributed by atoms with Gasteiger partial charge in [0, 0.05) is 17.7 Å². The average molecular weight is 426 g/mol. The maximum absolute atomic E-state index is 13.7. The normalized spacial score (nSPS) is 12.2. The van der Waals surface area contributed by atoms with Gasteiger partial charge in [-0.1, -0.05) is 30.3 Å². The SMILES string of the molecule is COc1ccccc1C(C)N(c1cccc(C)c1)S(=O)(=O)c1ccc([N+](=O)[O-])cc1. The van der Waals surface area contributed by atoms with E-state index in [1.807, 2.05) is 31.2 Å². The van der Waals surface area contributed by atoms with Gasteiger partial charge in [0.05, 0.1) is 28.7 Å². The fraction of sp³-hybridized carbons (Fsp3) is 0.182. The second kappa shape index (κ2) is 8.54. The molecule has 7 nitrogen and oxygen atoms in total. The van der Waals surface area contributed by atoms with Gasteiger partial charge in [-0.2, -0.15) is 0 Å². The molecule has 1 unspecified atom stereocenters. The third kappa shape index (κ3) is 4.13. The summed E-state index contributed by atoms with van der Waals surface area (Å²) in [5.41, 5.74) is 1.93. The Hall–Kier alpha value is -3.39. The molecule has 8 heteroatoms. The summed E-state index contributed by atoms with van der Waals surface area (Å²) in [6.07, 6.45) is 0. The van der Waals surface area contributed by atoms with E-state index in [2.05, 4.69) is 0 Å². The average Bonchev–Trinajstić information content (AvgIpc) is 2.73. The van der Waals surface area contributed by atoms with E-state index >= 15 is 0 Å². The van der Waals surface area contributed by atoms with E-state index in [0.717, 1.165) is 5.56 Å². The molecule has 156 valence electrons. The van der Waals surface area contributed by atoms with E-state index in [1.54, 1.807) is 31.2 Å². The quantitative estimate of drug-likeness (QED) is 0.397. The Morgan fingerprint density at radius 2 is 1.67 bits per heavy atom. The van der Waals surface area contributed by atoms with Gasteiger partial charge in [-0.05, 0) is 49.7 Å². The maximum Gasteiger partial charge on any atom is 0.269 e. The number of ether oxygens (including phenoxy) is 1. The molecular weight excluding hydrogens is 404 g/mol. The molecule has 0 aliphatic heterocycles. The van der Waals surface area contributed by atoms with Gasteiger partial charge in [-0.3, -0.25) is 14.4 Å². The van der Waals surface area contributed by atoms with E-state index in [0.29, 0.717) is 17.0 Å². The van der Waals surface area contributed by atoms with Crippen LogP contribution in [-0.4, -0.2) is 20.5 Å². The first-order valence-electron chi connectivity index (χ1n) is 9.24. The summed E-state index contributed by atoms with van der Waals surface area (Å²) in [5, 5.41) is 11.0. The zero-order valence-corrected chi connectivity index (χ0v) is 17.7. The summed E-state index contributed by atoms with van der Waals surface area (Å²) in [6.45, 7) is 3.66. The molecule has 0 aliphatic rings. The van der Waals surface area contributed by atoms with Crippen molar-refractivity contribution < 1.29 is 18.1 Å². The van der Waals surface area contributed by atoms with E-state index in [-0.39, 0.29) is 10.6 Å². The number of nitrogens with zero attached hydrogens (tertiary/aromatic N) is 2. The summed E-state index contributed by atoms with van der Waals surface area (Å²) in [6, 6.07) is 18.7. The number of nitro benzene ring substituents is 1. The third-order valence-electron chi connectivity index (χ3n) is 4.80. The van der Waals surface area contributed by atoms with Crippen molar-refractivity contribution in [3.63, 3.8) is 0 Å². The van der Waals surface area contributed by atoms with Crippen LogP contribution in [0.4, 0.5) is 11.4 Å². The van der Waals surface area contributed by atoms with Crippen LogP contribution in [0.1, 0.15) is 24.1 Å².